The molecule has 1 aromatic heterocycles. The van der Waals surface area contributed by atoms with Crippen molar-refractivity contribution in [3.63, 3.8) is 0 Å². The Kier molecular flexibility index (Phi) is 4.26. The number of benzene rings is 1. The Hall–Kier alpha value is -2.30. The van der Waals surface area contributed by atoms with E-state index < -0.39 is 0 Å². The number of hydrogen-bond donors (Lipinski definition) is 1. The summed E-state index contributed by atoms with van der Waals surface area (Å²) in [5.41, 5.74) is 2.65. The molecule has 118 valence electrons. The average molecular weight is 301 g/mol. The van der Waals surface area contributed by atoms with Gasteiger partial charge in [-0.15, -0.1) is 0 Å². The van der Waals surface area contributed by atoms with E-state index in [1.165, 1.54) is 4.68 Å². The smallest absolute Gasteiger partial charge is 0.280 e. The first-order valence-corrected chi connectivity index (χ1v) is 7.26. The van der Waals surface area contributed by atoms with Crippen molar-refractivity contribution in [1.82, 2.24) is 9.78 Å². The zero-order valence-electron chi connectivity index (χ0n) is 14.0. The largest absolute Gasteiger partial charge is 0.497 e. The van der Waals surface area contributed by atoms with Crippen LogP contribution in [-0.4, -0.2) is 28.1 Å². The summed E-state index contributed by atoms with van der Waals surface area (Å²) in [6.45, 7) is 9.81. The second-order valence-electron chi connectivity index (χ2n) is 6.32. The number of rotatable bonds is 3. The lowest BCUT2D eigenvalue weighted by molar-refractivity contribution is 0.414. The van der Waals surface area contributed by atoms with E-state index >= 15 is 0 Å². The van der Waals surface area contributed by atoms with Gasteiger partial charge in [-0.25, -0.2) is 4.68 Å². The summed E-state index contributed by atoms with van der Waals surface area (Å²) in [7, 11) is 1.62. The molecule has 0 spiro atoms. The highest BCUT2D eigenvalue weighted by atomic mass is 16.5. The van der Waals surface area contributed by atoms with Crippen LogP contribution in [0, 0.1) is 6.92 Å². The maximum atomic E-state index is 12.7. The molecule has 0 unspecified atom stereocenters. The minimum atomic E-state index is -0.217. The van der Waals surface area contributed by atoms with Crippen LogP contribution < -0.4 is 10.3 Å². The van der Waals surface area contributed by atoms with Crippen molar-refractivity contribution in [2.75, 3.05) is 7.11 Å². The van der Waals surface area contributed by atoms with Gasteiger partial charge in [-0.2, -0.15) is 0 Å². The van der Waals surface area contributed by atoms with E-state index in [2.05, 4.69) is 10.1 Å². The van der Waals surface area contributed by atoms with Crippen LogP contribution in [0.1, 0.15) is 39.0 Å². The Morgan fingerprint density at radius 3 is 2.32 bits per heavy atom. The Bertz CT molecular complexity index is 744. The number of hydrogen-bond acceptors (Lipinski definition) is 3. The van der Waals surface area contributed by atoms with Gasteiger partial charge >= 0.3 is 0 Å². The summed E-state index contributed by atoms with van der Waals surface area (Å²) in [5.74, 6) is 0.755. The molecule has 1 heterocycles. The third-order valence-electron chi connectivity index (χ3n) is 3.27. The number of ether oxygens (including phenoxy) is 1. The Balaban J connectivity index is 2.51. The minimum Gasteiger partial charge on any atom is -0.497 e. The minimum absolute atomic E-state index is 0.0897. The fourth-order valence-electron chi connectivity index (χ4n) is 2.44. The van der Waals surface area contributed by atoms with Crippen molar-refractivity contribution in [2.45, 2.75) is 40.2 Å². The van der Waals surface area contributed by atoms with Gasteiger partial charge in [-0.05, 0) is 58.9 Å². The number of methoxy groups -OCH3 is 1. The SMILES string of the molecule is COc1ccc(-n2[nH]c(C)c(C(C)=NC(C)(C)C)c2=O)cc1. The van der Waals surface area contributed by atoms with Crippen molar-refractivity contribution < 1.29 is 4.74 Å². The molecular formula is C17H23N3O2. The van der Waals surface area contributed by atoms with Crippen LogP contribution in [0.15, 0.2) is 34.1 Å². The molecule has 0 fully saturated rings. The maximum absolute atomic E-state index is 12.7. The zero-order valence-corrected chi connectivity index (χ0v) is 14.0. The van der Waals surface area contributed by atoms with Gasteiger partial charge in [0.2, 0.25) is 0 Å². The molecule has 2 rings (SSSR count). The van der Waals surface area contributed by atoms with Crippen LogP contribution in [0.4, 0.5) is 0 Å². The topological polar surface area (TPSA) is 59.4 Å². The molecule has 0 radical (unpaired) electrons. The predicted octanol–water partition coefficient (Wildman–Crippen LogP) is 3.09. The second-order valence-corrected chi connectivity index (χ2v) is 6.32. The van der Waals surface area contributed by atoms with E-state index in [0.29, 0.717) is 5.56 Å². The second kappa shape index (κ2) is 5.83. The van der Waals surface area contributed by atoms with Crippen molar-refractivity contribution >= 4 is 5.71 Å². The lowest BCUT2D eigenvalue weighted by Gasteiger charge is -2.13. The lowest BCUT2D eigenvalue weighted by atomic mass is 10.1. The molecule has 0 aliphatic rings. The van der Waals surface area contributed by atoms with Crippen LogP contribution in [0.25, 0.3) is 5.69 Å². The molecule has 22 heavy (non-hydrogen) atoms. The zero-order chi connectivity index (χ0) is 16.5. The van der Waals surface area contributed by atoms with Gasteiger partial charge < -0.3 is 4.74 Å². The summed E-state index contributed by atoms with van der Waals surface area (Å²) in [6.07, 6.45) is 0. The number of nitrogens with one attached hydrogen (secondary N) is 1. The molecule has 0 saturated heterocycles. The fourth-order valence-corrected chi connectivity index (χ4v) is 2.44. The molecule has 0 saturated carbocycles. The highest BCUT2D eigenvalue weighted by molar-refractivity contribution is 5.99. The molecule has 2 aromatic rings. The van der Waals surface area contributed by atoms with E-state index in [-0.39, 0.29) is 11.1 Å². The van der Waals surface area contributed by atoms with E-state index in [9.17, 15) is 4.79 Å². The molecule has 1 N–H and O–H groups in total. The third-order valence-corrected chi connectivity index (χ3v) is 3.27. The van der Waals surface area contributed by atoms with Crippen LogP contribution in [-0.2, 0) is 0 Å². The standard InChI is InChI=1S/C17H23N3O2/c1-11(18-17(3,4)5)15-12(2)19-20(16(15)21)13-7-9-14(22-6)10-8-13/h7-10,19H,1-6H3. The van der Waals surface area contributed by atoms with Crippen LogP contribution in [0.3, 0.4) is 0 Å². The summed E-state index contributed by atoms with van der Waals surface area (Å²) < 4.78 is 6.67. The summed E-state index contributed by atoms with van der Waals surface area (Å²) in [4.78, 5) is 17.3. The monoisotopic (exact) mass is 301 g/mol. The van der Waals surface area contributed by atoms with E-state index in [1.54, 1.807) is 7.11 Å². The highest BCUT2D eigenvalue weighted by Crippen LogP contribution is 2.15. The Morgan fingerprint density at radius 1 is 1.23 bits per heavy atom. The molecule has 5 nitrogen and oxygen atoms in total. The molecule has 0 aliphatic carbocycles. The van der Waals surface area contributed by atoms with Gasteiger partial charge in [0.15, 0.2) is 0 Å². The number of nitrogens with zero attached hydrogens (tertiary/aromatic N) is 2. The van der Waals surface area contributed by atoms with Gasteiger partial charge in [0.05, 0.1) is 23.9 Å². The number of aromatic nitrogens is 2. The van der Waals surface area contributed by atoms with Crippen molar-refractivity contribution in [3.8, 4) is 11.4 Å². The molecule has 0 aliphatic heterocycles. The third kappa shape index (κ3) is 3.30. The van der Waals surface area contributed by atoms with Crippen LogP contribution in [0.5, 0.6) is 5.75 Å². The summed E-state index contributed by atoms with van der Waals surface area (Å²) >= 11 is 0. The fraction of sp³-hybridized carbons (Fsp3) is 0.412. The normalized spacial score (nSPS) is 12.5. The first kappa shape index (κ1) is 16.1. The molecule has 0 amide bonds. The van der Waals surface area contributed by atoms with Crippen molar-refractivity contribution in [1.29, 1.82) is 0 Å². The Morgan fingerprint density at radius 2 is 1.82 bits per heavy atom. The first-order chi connectivity index (χ1) is 10.2. The maximum Gasteiger partial charge on any atom is 0.280 e. The Labute approximate surface area is 130 Å². The average Bonchev–Trinajstić information content (AvgIpc) is 2.72. The molecular weight excluding hydrogens is 278 g/mol. The highest BCUT2D eigenvalue weighted by Gasteiger charge is 2.17. The first-order valence-electron chi connectivity index (χ1n) is 7.26. The number of aryl methyl sites for hydroxylation is 1. The number of aromatic amines is 1. The summed E-state index contributed by atoms with van der Waals surface area (Å²) in [5, 5.41) is 3.12. The molecule has 0 atom stereocenters. The van der Waals surface area contributed by atoms with Crippen molar-refractivity contribution in [2.24, 2.45) is 4.99 Å². The van der Waals surface area contributed by atoms with Gasteiger partial charge in [-0.1, -0.05) is 0 Å². The van der Waals surface area contributed by atoms with E-state index in [0.717, 1.165) is 22.8 Å². The van der Waals surface area contributed by atoms with E-state index in [1.807, 2.05) is 58.9 Å². The van der Waals surface area contributed by atoms with Gasteiger partial charge in [-0.3, -0.25) is 14.9 Å². The van der Waals surface area contributed by atoms with Gasteiger partial charge in [0.1, 0.15) is 5.75 Å². The molecule has 1 aromatic carbocycles. The summed E-state index contributed by atoms with van der Waals surface area (Å²) in [6, 6.07) is 7.34. The molecule has 0 bridgehead atoms. The van der Waals surface area contributed by atoms with E-state index in [4.69, 9.17) is 4.74 Å². The number of aliphatic imine (C=N–C) groups is 1. The molecule has 5 heteroatoms. The van der Waals surface area contributed by atoms with Crippen molar-refractivity contribution in [3.05, 3.63) is 45.9 Å². The predicted molar refractivity (Wildman–Crippen MR) is 89.6 cm³/mol. The van der Waals surface area contributed by atoms with Crippen LogP contribution >= 0.6 is 0 Å². The van der Waals surface area contributed by atoms with Gasteiger partial charge in [0.25, 0.3) is 5.56 Å². The lowest BCUT2D eigenvalue weighted by Crippen LogP contribution is -2.22. The van der Waals surface area contributed by atoms with Crippen LogP contribution in [0.2, 0.25) is 0 Å². The quantitative estimate of drug-likeness (QED) is 0.886. The number of H-pyrrole nitrogens is 1. The van der Waals surface area contributed by atoms with Gasteiger partial charge in [0, 0.05) is 11.4 Å².